The van der Waals surface area contributed by atoms with E-state index in [0.717, 1.165) is 0 Å². The Morgan fingerprint density at radius 1 is 1.11 bits per heavy atom. The van der Waals surface area contributed by atoms with Crippen LogP contribution in [0, 0.1) is 11.3 Å². The number of imide groups is 1. The van der Waals surface area contributed by atoms with Crippen molar-refractivity contribution in [1.82, 2.24) is 5.32 Å². The van der Waals surface area contributed by atoms with Crippen molar-refractivity contribution in [2.75, 3.05) is 0 Å². The van der Waals surface area contributed by atoms with Crippen LogP contribution in [-0.4, -0.2) is 24.8 Å². The fourth-order valence-electron chi connectivity index (χ4n) is 2.54. The van der Waals surface area contributed by atoms with Crippen LogP contribution in [0.5, 0.6) is 0 Å². The molecule has 2 N–H and O–H groups in total. The zero-order valence-corrected chi connectivity index (χ0v) is 14.7. The monoisotopic (exact) mass is 384 g/mol. The van der Waals surface area contributed by atoms with E-state index in [1.807, 2.05) is 0 Å². The lowest BCUT2D eigenvalue weighted by Gasteiger charge is -2.15. The molecule has 27 heavy (non-hydrogen) atoms. The Kier molecular flexibility index (Phi) is 4.53. The van der Waals surface area contributed by atoms with Gasteiger partial charge in [-0.25, -0.2) is 0 Å². The first kappa shape index (κ1) is 18.3. The zero-order chi connectivity index (χ0) is 19.8. The zero-order valence-electron chi connectivity index (χ0n) is 13.9. The van der Waals surface area contributed by atoms with Crippen molar-refractivity contribution >= 4 is 28.0 Å². The second-order valence-electron chi connectivity index (χ2n) is 5.65. The van der Waals surface area contributed by atoms with E-state index in [1.165, 1.54) is 37.3 Å². The quantitative estimate of drug-likeness (QED) is 0.469. The van der Waals surface area contributed by atoms with Crippen molar-refractivity contribution in [2.24, 2.45) is 0 Å². The first-order valence-corrected chi connectivity index (χ1v) is 9.01. The van der Waals surface area contributed by atoms with Gasteiger partial charge in [0.2, 0.25) is 0 Å². The van der Waals surface area contributed by atoms with Gasteiger partial charge >= 0.3 is 0 Å². The molecule has 1 aromatic heterocycles. The van der Waals surface area contributed by atoms with Crippen LogP contribution in [0.4, 0.5) is 0 Å². The fraction of sp³-hybridized carbons (Fsp3) is 0.0556. The molecule has 2 aromatic rings. The second kappa shape index (κ2) is 6.68. The molecule has 1 aromatic carbocycles. The summed E-state index contributed by atoms with van der Waals surface area (Å²) in [5.74, 6) is -0.665. The van der Waals surface area contributed by atoms with Crippen molar-refractivity contribution in [1.29, 1.82) is 5.26 Å². The van der Waals surface area contributed by atoms with Gasteiger partial charge in [0.15, 0.2) is 0 Å². The van der Waals surface area contributed by atoms with Gasteiger partial charge in [0.05, 0.1) is 4.90 Å². The first-order valence-electron chi connectivity index (χ1n) is 7.57. The molecule has 0 fully saturated rings. The molecule has 0 spiro atoms. The summed E-state index contributed by atoms with van der Waals surface area (Å²) in [6, 6.07) is 10.4. The summed E-state index contributed by atoms with van der Waals surface area (Å²) >= 11 is 0. The summed E-state index contributed by atoms with van der Waals surface area (Å²) in [6.45, 7) is 1.50. The Morgan fingerprint density at radius 3 is 2.37 bits per heavy atom. The summed E-state index contributed by atoms with van der Waals surface area (Å²) < 4.78 is 36.8. The number of carbonyl (C=O) groups excluding carboxylic acids is 2. The number of furan rings is 1. The number of nitrogens with zero attached hydrogens (tertiary/aromatic N) is 1. The molecule has 1 aliphatic heterocycles. The number of hydrogen-bond acceptors (Lipinski definition) is 6. The Labute approximate surface area is 154 Å². The Bertz CT molecular complexity index is 1160. The van der Waals surface area contributed by atoms with Gasteiger partial charge < -0.3 is 4.42 Å². The van der Waals surface area contributed by atoms with E-state index in [1.54, 1.807) is 18.2 Å². The molecular weight excluding hydrogens is 372 g/mol. The smallest absolute Gasteiger partial charge is 0.294 e. The molecule has 0 bridgehead atoms. The normalized spacial score (nSPS) is 16.4. The summed E-state index contributed by atoms with van der Waals surface area (Å²) in [5.41, 5.74) is 0.796. The highest BCUT2D eigenvalue weighted by Crippen LogP contribution is 2.27. The van der Waals surface area contributed by atoms with Crippen LogP contribution in [-0.2, 0) is 19.7 Å². The van der Waals surface area contributed by atoms with Gasteiger partial charge in [-0.3, -0.25) is 19.5 Å². The van der Waals surface area contributed by atoms with Crippen molar-refractivity contribution in [3.05, 3.63) is 58.9 Å². The molecule has 2 heterocycles. The molecule has 3 rings (SSSR count). The lowest BCUT2D eigenvalue weighted by Crippen LogP contribution is -2.37. The summed E-state index contributed by atoms with van der Waals surface area (Å²) in [7, 11) is -4.28. The molecule has 0 aliphatic carbocycles. The minimum Gasteiger partial charge on any atom is -0.457 e. The largest absolute Gasteiger partial charge is 0.457 e. The lowest BCUT2D eigenvalue weighted by molar-refractivity contribution is -0.126. The van der Waals surface area contributed by atoms with Crippen LogP contribution >= 0.6 is 0 Å². The van der Waals surface area contributed by atoms with Crippen LogP contribution in [0.25, 0.3) is 17.4 Å². The molecule has 0 unspecified atom stereocenters. The Morgan fingerprint density at radius 2 is 1.78 bits per heavy atom. The number of rotatable bonds is 3. The molecule has 0 saturated carbocycles. The van der Waals surface area contributed by atoms with Gasteiger partial charge in [-0.2, -0.15) is 13.7 Å². The molecule has 0 saturated heterocycles. The van der Waals surface area contributed by atoms with Gasteiger partial charge in [0, 0.05) is 11.1 Å². The molecule has 1 aliphatic rings. The maximum atomic E-state index is 12.0. The highest BCUT2D eigenvalue weighted by molar-refractivity contribution is 7.85. The molecule has 2 amide bonds. The van der Waals surface area contributed by atoms with Crippen LogP contribution in [0.15, 0.2) is 62.4 Å². The number of benzene rings is 1. The van der Waals surface area contributed by atoms with E-state index in [4.69, 9.17) is 14.2 Å². The Balaban J connectivity index is 1.96. The lowest BCUT2D eigenvalue weighted by atomic mass is 9.96. The maximum Gasteiger partial charge on any atom is 0.294 e. The molecule has 8 nitrogen and oxygen atoms in total. The van der Waals surface area contributed by atoms with Crippen LogP contribution in [0.3, 0.4) is 0 Å². The van der Waals surface area contributed by atoms with Crippen LogP contribution in [0.1, 0.15) is 12.7 Å². The van der Waals surface area contributed by atoms with Gasteiger partial charge in [0.1, 0.15) is 23.2 Å². The number of amides is 2. The molecule has 136 valence electrons. The predicted octanol–water partition coefficient (Wildman–Crippen LogP) is 2.07. The molecule has 9 heteroatoms. The van der Waals surface area contributed by atoms with Crippen molar-refractivity contribution < 1.29 is 27.0 Å². The van der Waals surface area contributed by atoms with Gasteiger partial charge in [0.25, 0.3) is 21.9 Å². The third-order valence-electron chi connectivity index (χ3n) is 3.94. The van der Waals surface area contributed by atoms with Crippen molar-refractivity contribution in [3.63, 3.8) is 0 Å². The minimum absolute atomic E-state index is 0.133. The highest BCUT2D eigenvalue weighted by atomic mass is 32.2. The number of hydrogen-bond donors (Lipinski definition) is 2. The van der Waals surface area contributed by atoms with Crippen LogP contribution < -0.4 is 5.32 Å². The minimum atomic E-state index is -4.28. The molecular formula is C18H12N2O6S. The summed E-state index contributed by atoms with van der Waals surface area (Å²) in [5, 5.41) is 11.1. The predicted molar refractivity (Wildman–Crippen MR) is 93.4 cm³/mol. The maximum absolute atomic E-state index is 12.0. The fourth-order valence-corrected chi connectivity index (χ4v) is 3.02. The molecule has 0 radical (unpaired) electrons. The van der Waals surface area contributed by atoms with Crippen molar-refractivity contribution in [2.45, 2.75) is 11.8 Å². The Hall–Kier alpha value is -3.48. The third kappa shape index (κ3) is 3.57. The third-order valence-corrected chi connectivity index (χ3v) is 4.81. The van der Waals surface area contributed by atoms with E-state index in [9.17, 15) is 18.0 Å². The van der Waals surface area contributed by atoms with Crippen molar-refractivity contribution in [3.8, 4) is 17.4 Å². The topological polar surface area (TPSA) is 137 Å². The summed E-state index contributed by atoms with van der Waals surface area (Å²) in [4.78, 5) is 23.4. The first-order chi connectivity index (χ1) is 12.7. The van der Waals surface area contributed by atoms with Gasteiger partial charge in [-0.05, 0) is 55.0 Å². The second-order valence-corrected chi connectivity index (χ2v) is 7.08. The highest BCUT2D eigenvalue weighted by Gasteiger charge is 2.27. The average Bonchev–Trinajstić information content (AvgIpc) is 3.07. The van der Waals surface area contributed by atoms with Crippen LogP contribution in [0.2, 0.25) is 0 Å². The number of carbonyl (C=O) groups is 2. The summed E-state index contributed by atoms with van der Waals surface area (Å²) in [6.07, 6.45) is 1.41. The van der Waals surface area contributed by atoms with E-state index in [0.29, 0.717) is 17.1 Å². The van der Waals surface area contributed by atoms with E-state index < -0.39 is 21.9 Å². The number of nitrogens with one attached hydrogen (secondary N) is 1. The van der Waals surface area contributed by atoms with Gasteiger partial charge in [-0.1, -0.05) is 0 Å². The van der Waals surface area contributed by atoms with E-state index >= 15 is 0 Å². The van der Waals surface area contributed by atoms with Gasteiger partial charge in [-0.15, -0.1) is 0 Å². The van der Waals surface area contributed by atoms with E-state index in [-0.39, 0.29) is 21.6 Å². The molecule has 0 atom stereocenters. The number of nitriles is 1. The average molecular weight is 384 g/mol. The standard InChI is InChI=1S/C18H12N2O6S/c1-10-14(17(21)20-18(22)15(10)9-19)8-12-4-7-16(26-12)11-2-5-13(6-3-11)27(23,24)25/h2-8H,1H3,(H,20,21,22)(H,23,24,25). The SMILES string of the molecule is CC1=C(C#N)C(=O)NC(=O)C1=Cc1ccc(-c2ccc(S(=O)(=O)O)cc2)o1. The van der Waals surface area contributed by atoms with E-state index in [2.05, 4.69) is 5.32 Å².